The molecule has 1 atom stereocenters. The molecule has 0 spiro atoms. The Morgan fingerprint density at radius 3 is 2.74 bits per heavy atom. The van der Waals surface area contributed by atoms with E-state index >= 15 is 0 Å². The second kappa shape index (κ2) is 10.3. The van der Waals surface area contributed by atoms with Crippen molar-refractivity contribution in [1.29, 1.82) is 0 Å². The Morgan fingerprint density at radius 2 is 2.06 bits per heavy atom. The first-order chi connectivity index (χ1) is 14.8. The van der Waals surface area contributed by atoms with E-state index in [1.54, 1.807) is 19.9 Å². The van der Waals surface area contributed by atoms with Gasteiger partial charge in [0, 0.05) is 23.8 Å². The number of hydrogen-bond acceptors (Lipinski definition) is 7. The van der Waals surface area contributed by atoms with Crippen molar-refractivity contribution in [3.8, 4) is 0 Å². The third-order valence-electron chi connectivity index (χ3n) is 4.92. The quantitative estimate of drug-likeness (QED) is 0.595. The fourth-order valence-corrected chi connectivity index (χ4v) is 4.68. The largest absolute Gasteiger partial charge is 0.463 e. The molecule has 0 unspecified atom stereocenters. The predicted molar refractivity (Wildman–Crippen MR) is 125 cm³/mol. The number of carbonyl (C=O) groups is 2. The van der Waals surface area contributed by atoms with Gasteiger partial charge in [-0.25, -0.2) is 9.79 Å². The van der Waals surface area contributed by atoms with E-state index in [1.807, 2.05) is 47.5 Å². The molecule has 1 N–H and O–H groups in total. The highest BCUT2D eigenvalue weighted by molar-refractivity contribution is 8.16. The highest BCUT2D eigenvalue weighted by atomic mass is 35.5. The van der Waals surface area contributed by atoms with E-state index in [4.69, 9.17) is 16.3 Å². The van der Waals surface area contributed by atoms with Crippen LogP contribution in [0.4, 0.5) is 0 Å². The molecule has 1 aromatic carbocycles. The van der Waals surface area contributed by atoms with Crippen molar-refractivity contribution in [1.82, 2.24) is 15.1 Å². The number of thioether (sulfide) groups is 1. The maximum atomic E-state index is 12.9. The van der Waals surface area contributed by atoms with Crippen LogP contribution < -0.4 is 5.32 Å². The number of nitrogens with zero attached hydrogens (tertiary/aromatic N) is 3. The molecule has 0 bridgehead atoms. The van der Waals surface area contributed by atoms with Crippen LogP contribution in [0.1, 0.15) is 31.9 Å². The third-order valence-corrected chi connectivity index (χ3v) is 6.15. The van der Waals surface area contributed by atoms with Gasteiger partial charge in [0.1, 0.15) is 0 Å². The molecule has 7 nitrogen and oxygen atoms in total. The van der Waals surface area contributed by atoms with Crippen LogP contribution in [0, 0.1) is 0 Å². The number of fused-ring (bicyclic) bond motifs is 1. The second-order valence-corrected chi connectivity index (χ2v) is 8.71. The third kappa shape index (κ3) is 5.31. The Morgan fingerprint density at radius 1 is 1.32 bits per heavy atom. The summed E-state index contributed by atoms with van der Waals surface area (Å²) < 4.78 is 5.34. The molecular weight excluding hydrogens is 436 g/mol. The molecule has 2 aliphatic heterocycles. The molecule has 0 aliphatic carbocycles. The predicted octanol–water partition coefficient (Wildman–Crippen LogP) is 3.55. The lowest BCUT2D eigenvalue weighted by molar-refractivity contribution is -0.139. The molecule has 0 fully saturated rings. The van der Waals surface area contributed by atoms with Gasteiger partial charge in [0.15, 0.2) is 5.17 Å². The zero-order valence-electron chi connectivity index (χ0n) is 18.1. The van der Waals surface area contributed by atoms with Crippen LogP contribution in [0.5, 0.6) is 0 Å². The number of allylic oxidation sites excluding steroid dienone is 1. The Bertz CT molecular complexity index is 958. The summed E-state index contributed by atoms with van der Waals surface area (Å²) in [6.07, 6.45) is 0.176. The van der Waals surface area contributed by atoms with Gasteiger partial charge in [0.25, 0.3) is 0 Å². The lowest BCUT2D eigenvalue weighted by Gasteiger charge is -2.36. The van der Waals surface area contributed by atoms with E-state index in [0.29, 0.717) is 28.0 Å². The second-order valence-electron chi connectivity index (χ2n) is 7.47. The van der Waals surface area contributed by atoms with Crippen LogP contribution >= 0.6 is 23.4 Å². The van der Waals surface area contributed by atoms with Crippen molar-refractivity contribution in [2.24, 2.45) is 4.99 Å². The highest BCUT2D eigenvalue weighted by Gasteiger charge is 2.41. The molecule has 0 radical (unpaired) electrons. The van der Waals surface area contributed by atoms with Crippen LogP contribution in [0.2, 0.25) is 5.02 Å². The minimum atomic E-state index is -0.518. The molecule has 166 valence electrons. The Hall–Kier alpha value is -2.29. The highest BCUT2D eigenvalue weighted by Crippen LogP contribution is 2.46. The average Bonchev–Trinajstić information content (AvgIpc) is 3.09. The zero-order chi connectivity index (χ0) is 22.5. The summed E-state index contributed by atoms with van der Waals surface area (Å²) in [5.74, 6) is -0.517. The molecule has 0 saturated carbocycles. The molecule has 2 aliphatic rings. The summed E-state index contributed by atoms with van der Waals surface area (Å²) in [7, 11) is 3.91. The normalized spacial score (nSPS) is 18.0. The maximum Gasteiger partial charge on any atom is 0.338 e. The summed E-state index contributed by atoms with van der Waals surface area (Å²) in [4.78, 5) is 34.0. The number of hydrogen-bond donors (Lipinski definition) is 1. The van der Waals surface area contributed by atoms with Crippen LogP contribution in [-0.2, 0) is 14.3 Å². The molecular formula is C22H27ClN4O3S. The average molecular weight is 463 g/mol. The Labute approximate surface area is 192 Å². The van der Waals surface area contributed by atoms with Gasteiger partial charge in [0.2, 0.25) is 5.91 Å². The van der Waals surface area contributed by atoms with E-state index in [0.717, 1.165) is 17.8 Å². The molecule has 9 heteroatoms. The van der Waals surface area contributed by atoms with Crippen LogP contribution in [-0.4, -0.2) is 60.6 Å². The van der Waals surface area contributed by atoms with Crippen molar-refractivity contribution in [2.75, 3.05) is 33.8 Å². The van der Waals surface area contributed by atoms with E-state index < -0.39 is 12.0 Å². The van der Waals surface area contributed by atoms with Crippen LogP contribution in [0.25, 0.3) is 0 Å². The minimum Gasteiger partial charge on any atom is -0.463 e. The van der Waals surface area contributed by atoms with E-state index in [2.05, 4.69) is 10.3 Å². The molecule has 31 heavy (non-hydrogen) atoms. The standard InChI is InChI=1S/C22H27ClN4O3S/c1-5-30-21(29)19-14(2)25-22-27(20(19)16-8-6-7-9-17(16)23)15(13-31-22)12-18(28)24-10-11-26(3)4/h6-9,13,20H,5,10-12H2,1-4H3,(H,24,28)/t20-/m0/s1. The smallest absolute Gasteiger partial charge is 0.338 e. The SMILES string of the molecule is CCOC(=O)C1=C(C)N=C2SC=C(CC(=O)NCCN(C)C)N2[C@H]1c1ccccc1Cl. The summed E-state index contributed by atoms with van der Waals surface area (Å²) in [6, 6.07) is 6.89. The maximum absolute atomic E-state index is 12.9. The summed E-state index contributed by atoms with van der Waals surface area (Å²) in [5.41, 5.74) is 2.55. The number of nitrogens with one attached hydrogen (secondary N) is 1. The number of benzene rings is 1. The van der Waals surface area contributed by atoms with Gasteiger partial charge >= 0.3 is 5.97 Å². The lowest BCUT2D eigenvalue weighted by atomic mass is 9.93. The number of rotatable bonds is 8. The van der Waals surface area contributed by atoms with Gasteiger partial charge < -0.3 is 19.9 Å². The Kier molecular flexibility index (Phi) is 7.80. The van der Waals surface area contributed by atoms with Crippen molar-refractivity contribution in [2.45, 2.75) is 26.3 Å². The summed E-state index contributed by atoms with van der Waals surface area (Å²) in [6.45, 7) is 5.15. The number of amidine groups is 1. The van der Waals surface area contributed by atoms with Crippen molar-refractivity contribution >= 4 is 40.4 Å². The van der Waals surface area contributed by atoms with Gasteiger partial charge in [-0.3, -0.25) is 4.79 Å². The summed E-state index contributed by atoms with van der Waals surface area (Å²) in [5, 5.41) is 6.10. The number of carbonyl (C=O) groups excluding carboxylic acids is 2. The number of halogens is 1. The first-order valence-corrected chi connectivity index (χ1v) is 11.4. The van der Waals surface area contributed by atoms with Crippen molar-refractivity contribution in [3.63, 3.8) is 0 Å². The topological polar surface area (TPSA) is 74.2 Å². The molecule has 1 amide bonds. The minimum absolute atomic E-state index is 0.0863. The van der Waals surface area contributed by atoms with Gasteiger partial charge in [-0.05, 0) is 45.0 Å². The van der Waals surface area contributed by atoms with Crippen molar-refractivity contribution < 1.29 is 14.3 Å². The van der Waals surface area contributed by atoms with Gasteiger partial charge in [0.05, 0.1) is 30.3 Å². The first-order valence-electron chi connectivity index (χ1n) is 10.1. The number of amides is 1. The van der Waals surface area contributed by atoms with E-state index in [9.17, 15) is 9.59 Å². The first kappa shape index (κ1) is 23.4. The van der Waals surface area contributed by atoms with E-state index in [1.165, 1.54) is 11.8 Å². The lowest BCUT2D eigenvalue weighted by Crippen LogP contribution is -2.38. The fraction of sp³-hybridized carbons (Fsp3) is 0.409. The molecule has 1 aromatic rings. The van der Waals surface area contributed by atoms with Gasteiger partial charge in [-0.15, -0.1) is 0 Å². The van der Waals surface area contributed by atoms with Gasteiger partial charge in [-0.2, -0.15) is 0 Å². The van der Waals surface area contributed by atoms with E-state index in [-0.39, 0.29) is 18.9 Å². The number of aliphatic imine (C=N–C) groups is 1. The zero-order valence-corrected chi connectivity index (χ0v) is 19.7. The molecule has 0 aromatic heterocycles. The summed E-state index contributed by atoms with van der Waals surface area (Å²) >= 11 is 7.98. The fourth-order valence-electron chi connectivity index (χ4n) is 3.48. The number of ether oxygens (including phenoxy) is 1. The monoisotopic (exact) mass is 462 g/mol. The molecule has 2 heterocycles. The Balaban J connectivity index is 1.94. The van der Waals surface area contributed by atoms with Crippen LogP contribution in [0.15, 0.2) is 51.6 Å². The number of esters is 1. The molecule has 0 saturated heterocycles. The van der Waals surface area contributed by atoms with Crippen molar-refractivity contribution in [3.05, 3.63) is 57.2 Å². The number of likely N-dealkylation sites (N-methyl/N-ethyl adjacent to an activating group) is 1. The van der Waals surface area contributed by atoms with Gasteiger partial charge in [-0.1, -0.05) is 41.6 Å². The van der Waals surface area contributed by atoms with Crippen LogP contribution in [0.3, 0.4) is 0 Å². The molecule has 3 rings (SSSR count).